The van der Waals surface area contributed by atoms with Gasteiger partial charge in [-0.2, -0.15) is 0 Å². The molecule has 0 spiro atoms. The first kappa shape index (κ1) is 20.5. The lowest BCUT2D eigenvalue weighted by atomic mass is 10.1. The lowest BCUT2D eigenvalue weighted by Crippen LogP contribution is -2.49. The zero-order valence-electron chi connectivity index (χ0n) is 16.8. The Labute approximate surface area is 193 Å². The second kappa shape index (κ2) is 8.59. The predicted octanol–water partition coefficient (Wildman–Crippen LogP) is 5.10. The van der Waals surface area contributed by atoms with Crippen LogP contribution in [-0.4, -0.2) is 40.3 Å². The summed E-state index contributed by atoms with van der Waals surface area (Å²) in [6.45, 7) is 3.47. The number of aromatic nitrogens is 1. The van der Waals surface area contributed by atoms with Gasteiger partial charge in [-0.3, -0.25) is 9.69 Å². The average molecular weight is 469 g/mol. The quantitative estimate of drug-likeness (QED) is 0.442. The topological polar surface area (TPSA) is 62.5 Å². The molecular weight excluding hydrogens is 448 g/mol. The van der Waals surface area contributed by atoms with Gasteiger partial charge in [0, 0.05) is 46.2 Å². The van der Waals surface area contributed by atoms with E-state index in [4.69, 9.17) is 17.3 Å². The molecule has 0 aliphatic carbocycles. The minimum absolute atomic E-state index is 0.170. The summed E-state index contributed by atoms with van der Waals surface area (Å²) in [7, 11) is 0. The molecule has 8 heteroatoms. The Morgan fingerprint density at radius 2 is 1.81 bits per heavy atom. The highest BCUT2D eigenvalue weighted by Gasteiger charge is 2.24. The van der Waals surface area contributed by atoms with Gasteiger partial charge in [0.15, 0.2) is 0 Å². The van der Waals surface area contributed by atoms with Gasteiger partial charge in [-0.1, -0.05) is 17.7 Å². The number of nitrogens with two attached hydrogens (primary N) is 1. The third kappa shape index (κ3) is 4.60. The molecule has 0 saturated carbocycles. The van der Waals surface area contributed by atoms with E-state index in [9.17, 15) is 4.79 Å². The van der Waals surface area contributed by atoms with Crippen molar-refractivity contribution in [1.82, 2.24) is 14.8 Å². The molecule has 158 valence electrons. The van der Waals surface area contributed by atoms with Gasteiger partial charge in [0.25, 0.3) is 0 Å². The van der Waals surface area contributed by atoms with Gasteiger partial charge in [0.05, 0.1) is 16.4 Å². The number of thiophene rings is 2. The first-order chi connectivity index (χ1) is 15.0. The van der Waals surface area contributed by atoms with E-state index in [1.54, 1.807) is 28.7 Å². The van der Waals surface area contributed by atoms with Gasteiger partial charge in [0.2, 0.25) is 5.91 Å². The number of pyridine rings is 1. The van der Waals surface area contributed by atoms with Crippen LogP contribution in [0.25, 0.3) is 20.7 Å². The van der Waals surface area contributed by atoms with Gasteiger partial charge in [-0.05, 0) is 54.1 Å². The normalized spacial score (nSPS) is 15.1. The molecule has 0 radical (unpaired) electrons. The van der Waals surface area contributed by atoms with Crippen molar-refractivity contribution in [2.75, 3.05) is 25.4 Å². The number of nitrogen functional groups attached to an aromatic ring is 1. The van der Waals surface area contributed by atoms with E-state index < -0.39 is 0 Å². The van der Waals surface area contributed by atoms with Crippen molar-refractivity contribution < 1.29 is 4.79 Å². The third-order valence-electron chi connectivity index (χ3n) is 5.40. The molecule has 3 aromatic heterocycles. The molecule has 1 aliphatic heterocycles. The number of amides is 1. The lowest BCUT2D eigenvalue weighted by molar-refractivity contribution is -0.136. The first-order valence-corrected chi connectivity index (χ1v) is 12.0. The van der Waals surface area contributed by atoms with E-state index in [0.717, 1.165) is 40.4 Å². The highest BCUT2D eigenvalue weighted by molar-refractivity contribution is 7.24. The molecule has 4 heterocycles. The molecule has 1 amide bonds. The number of benzene rings is 1. The maximum atomic E-state index is 12.8. The van der Waals surface area contributed by atoms with Crippen LogP contribution >= 0.6 is 34.3 Å². The van der Waals surface area contributed by atoms with Crippen LogP contribution in [0, 0.1) is 0 Å². The van der Waals surface area contributed by atoms with Crippen LogP contribution in [0.5, 0.6) is 0 Å². The molecule has 0 bridgehead atoms. The number of hydrogen-bond donors (Lipinski definition) is 1. The summed E-state index contributed by atoms with van der Waals surface area (Å²) in [6, 6.07) is 18.1. The Bertz CT molecular complexity index is 1250. The predicted molar refractivity (Wildman–Crippen MR) is 129 cm³/mol. The van der Waals surface area contributed by atoms with Crippen LogP contribution in [-0.2, 0) is 17.9 Å². The average Bonchev–Trinajstić information content (AvgIpc) is 3.39. The van der Waals surface area contributed by atoms with Gasteiger partial charge in [0.1, 0.15) is 5.82 Å². The fourth-order valence-electron chi connectivity index (χ4n) is 3.83. The maximum Gasteiger partial charge on any atom is 0.237 e. The highest BCUT2D eigenvalue weighted by Crippen LogP contribution is 2.35. The molecular formula is C23H21ClN4OS2. The van der Waals surface area contributed by atoms with Crippen molar-refractivity contribution in [3.05, 3.63) is 69.4 Å². The zero-order chi connectivity index (χ0) is 21.4. The summed E-state index contributed by atoms with van der Waals surface area (Å²) >= 11 is 9.42. The number of carbonyl (C=O) groups excluding carboxylic acids is 1. The summed E-state index contributed by atoms with van der Waals surface area (Å²) in [5.41, 5.74) is 7.74. The van der Waals surface area contributed by atoms with Crippen LogP contribution < -0.4 is 5.73 Å². The number of rotatable bonds is 5. The number of piperazine rings is 1. The van der Waals surface area contributed by atoms with E-state index in [-0.39, 0.29) is 5.91 Å². The molecule has 31 heavy (non-hydrogen) atoms. The van der Waals surface area contributed by atoms with Gasteiger partial charge >= 0.3 is 0 Å². The molecule has 1 fully saturated rings. The van der Waals surface area contributed by atoms with E-state index >= 15 is 0 Å². The Morgan fingerprint density at radius 3 is 2.61 bits per heavy atom. The van der Waals surface area contributed by atoms with Crippen molar-refractivity contribution >= 4 is 56.9 Å². The molecule has 4 aromatic rings. The van der Waals surface area contributed by atoms with Crippen molar-refractivity contribution in [3.63, 3.8) is 0 Å². The molecule has 2 N–H and O–H groups in total. The standard InChI is InChI=1S/C23H21ClN4OS2/c24-21-7-6-20(31-21)19-5-3-17(30-19)13-27-9-10-28(23(29)14-27)12-15-1-4-18-16(11-15)2-8-22(25)26-18/h1-8,11H,9-10,12-14H2,(H2,25,26). The smallest absolute Gasteiger partial charge is 0.237 e. The van der Waals surface area contributed by atoms with Gasteiger partial charge in [-0.15, -0.1) is 22.7 Å². The van der Waals surface area contributed by atoms with Crippen molar-refractivity contribution in [1.29, 1.82) is 0 Å². The Hall–Kier alpha value is -2.45. The highest BCUT2D eigenvalue weighted by atomic mass is 35.5. The third-order valence-corrected chi connectivity index (χ3v) is 7.90. The van der Waals surface area contributed by atoms with E-state index in [2.05, 4.69) is 34.1 Å². The molecule has 1 aliphatic rings. The first-order valence-electron chi connectivity index (χ1n) is 10.0. The Balaban J connectivity index is 1.20. The monoisotopic (exact) mass is 468 g/mol. The number of halogens is 1. The lowest BCUT2D eigenvalue weighted by Gasteiger charge is -2.34. The molecule has 0 atom stereocenters. The Morgan fingerprint density at radius 1 is 0.968 bits per heavy atom. The second-order valence-electron chi connectivity index (χ2n) is 7.66. The summed E-state index contributed by atoms with van der Waals surface area (Å²) < 4.78 is 0.804. The maximum absolute atomic E-state index is 12.8. The van der Waals surface area contributed by atoms with Crippen molar-refractivity contribution in [2.24, 2.45) is 0 Å². The minimum atomic E-state index is 0.170. The number of fused-ring (bicyclic) bond motifs is 1. The second-order valence-corrected chi connectivity index (χ2v) is 10.5. The van der Waals surface area contributed by atoms with E-state index in [1.807, 2.05) is 29.2 Å². The zero-order valence-corrected chi connectivity index (χ0v) is 19.1. The van der Waals surface area contributed by atoms with Crippen LogP contribution in [0.15, 0.2) is 54.6 Å². The summed E-state index contributed by atoms with van der Waals surface area (Å²) in [4.78, 5) is 25.0. The fourth-order valence-corrected chi connectivity index (χ4v) is 6.01. The van der Waals surface area contributed by atoms with E-state index in [0.29, 0.717) is 18.9 Å². The SMILES string of the molecule is Nc1ccc2cc(CN3CCN(Cc4ccc(-c5ccc(Cl)s5)s4)CC3=O)ccc2n1. The number of nitrogens with zero attached hydrogens (tertiary/aromatic N) is 3. The number of hydrogen-bond acceptors (Lipinski definition) is 6. The number of anilines is 1. The minimum Gasteiger partial charge on any atom is -0.384 e. The largest absolute Gasteiger partial charge is 0.384 e. The van der Waals surface area contributed by atoms with Gasteiger partial charge < -0.3 is 10.6 Å². The number of carbonyl (C=O) groups is 1. The molecule has 0 unspecified atom stereocenters. The van der Waals surface area contributed by atoms with Crippen LogP contribution in [0.1, 0.15) is 10.4 Å². The van der Waals surface area contributed by atoms with Crippen LogP contribution in [0.4, 0.5) is 5.82 Å². The van der Waals surface area contributed by atoms with Gasteiger partial charge in [-0.25, -0.2) is 4.98 Å². The summed E-state index contributed by atoms with van der Waals surface area (Å²) in [5, 5.41) is 1.04. The van der Waals surface area contributed by atoms with Crippen LogP contribution in [0.3, 0.4) is 0 Å². The molecule has 1 saturated heterocycles. The van der Waals surface area contributed by atoms with Crippen molar-refractivity contribution in [3.8, 4) is 9.75 Å². The fraction of sp³-hybridized carbons (Fsp3) is 0.217. The molecule has 1 aromatic carbocycles. The molecule has 5 nitrogen and oxygen atoms in total. The van der Waals surface area contributed by atoms with E-state index in [1.165, 1.54) is 14.6 Å². The summed E-state index contributed by atoms with van der Waals surface area (Å²) in [6.07, 6.45) is 0. The Kier molecular flexibility index (Phi) is 5.67. The molecule has 5 rings (SSSR count). The summed E-state index contributed by atoms with van der Waals surface area (Å²) in [5.74, 6) is 0.687. The van der Waals surface area contributed by atoms with Crippen LogP contribution in [0.2, 0.25) is 4.34 Å². The van der Waals surface area contributed by atoms with Crippen molar-refractivity contribution in [2.45, 2.75) is 13.1 Å².